The average Bonchev–Trinajstić information content (AvgIpc) is 2.31. The van der Waals surface area contributed by atoms with E-state index in [0.29, 0.717) is 5.70 Å². The number of rotatable bonds is 5. The second-order valence-electron chi connectivity index (χ2n) is 3.40. The van der Waals surface area contributed by atoms with Crippen molar-refractivity contribution in [2.75, 3.05) is 19.4 Å². The summed E-state index contributed by atoms with van der Waals surface area (Å²) in [6, 6.07) is 8.00. The molecule has 0 saturated heterocycles. The number of hydrazine groups is 1. The van der Waals surface area contributed by atoms with E-state index in [0.717, 1.165) is 11.3 Å². The Hall–Kier alpha value is -1.72. The molecular formula is C11H19N5. The number of hydrogen-bond acceptors (Lipinski definition) is 5. The lowest BCUT2D eigenvalue weighted by Crippen LogP contribution is -2.26. The predicted molar refractivity (Wildman–Crippen MR) is 67.4 cm³/mol. The fourth-order valence-electron chi connectivity index (χ4n) is 1.55. The zero-order chi connectivity index (χ0) is 12.0. The first-order valence-electron chi connectivity index (χ1n) is 5.09. The van der Waals surface area contributed by atoms with E-state index in [1.807, 2.05) is 38.4 Å². The number of hydrogen-bond donors (Lipinski definition) is 5. The first-order chi connectivity index (χ1) is 7.72. The molecule has 5 heteroatoms. The van der Waals surface area contributed by atoms with Crippen LogP contribution in [-0.2, 0) is 0 Å². The van der Waals surface area contributed by atoms with Crippen LogP contribution in [0.5, 0.6) is 0 Å². The Bertz CT molecular complexity index is 344. The number of benzene rings is 1. The molecule has 1 unspecified atom stereocenters. The topological polar surface area (TPSA) is 88.1 Å². The third-order valence-electron chi connectivity index (χ3n) is 2.40. The molecule has 0 amide bonds. The van der Waals surface area contributed by atoms with Gasteiger partial charge in [0.25, 0.3) is 0 Å². The molecule has 0 bridgehead atoms. The van der Waals surface area contributed by atoms with Gasteiger partial charge in [-0.1, -0.05) is 12.1 Å². The summed E-state index contributed by atoms with van der Waals surface area (Å²) in [5.74, 6) is 5.20. The van der Waals surface area contributed by atoms with Crippen LogP contribution in [0.3, 0.4) is 0 Å². The first kappa shape index (κ1) is 12.4. The van der Waals surface area contributed by atoms with Crippen LogP contribution < -0.4 is 27.6 Å². The molecule has 1 rings (SSSR count). The van der Waals surface area contributed by atoms with Gasteiger partial charge >= 0.3 is 0 Å². The maximum atomic E-state index is 5.88. The Kier molecular flexibility index (Phi) is 4.63. The van der Waals surface area contributed by atoms with E-state index in [4.69, 9.17) is 11.6 Å². The average molecular weight is 221 g/mol. The lowest BCUT2D eigenvalue weighted by Gasteiger charge is -2.17. The summed E-state index contributed by atoms with van der Waals surface area (Å²) >= 11 is 0. The van der Waals surface area contributed by atoms with Crippen molar-refractivity contribution in [1.29, 1.82) is 0 Å². The molecule has 0 aliphatic carbocycles. The van der Waals surface area contributed by atoms with Crippen molar-refractivity contribution in [2.24, 2.45) is 11.6 Å². The van der Waals surface area contributed by atoms with Crippen molar-refractivity contribution >= 4 is 5.69 Å². The summed E-state index contributed by atoms with van der Waals surface area (Å²) in [6.45, 7) is 0. The maximum Gasteiger partial charge on any atom is 0.0736 e. The third kappa shape index (κ3) is 2.88. The minimum absolute atomic E-state index is 0.0399. The molecule has 1 atom stereocenters. The van der Waals surface area contributed by atoms with Crippen molar-refractivity contribution < 1.29 is 0 Å². The molecule has 0 heterocycles. The molecule has 88 valence electrons. The first-order valence-corrected chi connectivity index (χ1v) is 5.09. The second-order valence-corrected chi connectivity index (χ2v) is 3.40. The molecule has 1 aromatic rings. The molecule has 0 fully saturated rings. The van der Waals surface area contributed by atoms with E-state index in [1.54, 1.807) is 6.20 Å². The molecule has 0 radical (unpaired) electrons. The van der Waals surface area contributed by atoms with Crippen LogP contribution in [0.15, 0.2) is 36.2 Å². The quantitative estimate of drug-likeness (QED) is 0.363. The Labute approximate surface area is 95.9 Å². The van der Waals surface area contributed by atoms with Crippen molar-refractivity contribution in [2.45, 2.75) is 6.04 Å². The predicted octanol–water partition coefficient (Wildman–Crippen LogP) is 0.252. The van der Waals surface area contributed by atoms with E-state index in [2.05, 4.69) is 16.1 Å². The van der Waals surface area contributed by atoms with Gasteiger partial charge in [-0.2, -0.15) is 0 Å². The van der Waals surface area contributed by atoms with E-state index in [-0.39, 0.29) is 6.04 Å². The van der Waals surface area contributed by atoms with Crippen LogP contribution >= 0.6 is 0 Å². The second kappa shape index (κ2) is 5.99. The Morgan fingerprint density at radius 3 is 2.31 bits per heavy atom. The van der Waals surface area contributed by atoms with Crippen LogP contribution in [0.25, 0.3) is 0 Å². The molecule has 5 nitrogen and oxygen atoms in total. The number of nitrogens with two attached hydrogens (primary N) is 2. The molecule has 0 spiro atoms. The normalized spacial score (nSPS) is 13.3. The maximum absolute atomic E-state index is 5.88. The fraction of sp³-hybridized carbons (Fsp3) is 0.273. The molecule has 16 heavy (non-hydrogen) atoms. The van der Waals surface area contributed by atoms with Gasteiger partial charge in [-0.3, -0.25) is 5.84 Å². The van der Waals surface area contributed by atoms with E-state index in [9.17, 15) is 0 Å². The standard InChI is InChI=1S/C11H19N5/c1-14-9-5-3-8(4-6-9)11(15-2)10(12)7-16-13/h3-7,11,14-16H,12-13H2,1-2H3/b10-7-. The highest BCUT2D eigenvalue weighted by atomic mass is 15.2. The Morgan fingerprint density at radius 1 is 1.25 bits per heavy atom. The Morgan fingerprint density at radius 2 is 1.88 bits per heavy atom. The van der Waals surface area contributed by atoms with Crippen LogP contribution in [0.2, 0.25) is 0 Å². The molecule has 0 saturated carbocycles. The third-order valence-corrected chi connectivity index (χ3v) is 2.40. The summed E-state index contributed by atoms with van der Waals surface area (Å²) in [6.07, 6.45) is 1.58. The monoisotopic (exact) mass is 221 g/mol. The van der Waals surface area contributed by atoms with Gasteiger partial charge in [0.1, 0.15) is 0 Å². The number of nitrogens with one attached hydrogen (secondary N) is 3. The summed E-state index contributed by atoms with van der Waals surface area (Å²) in [5, 5.41) is 6.20. The van der Waals surface area contributed by atoms with E-state index in [1.165, 1.54) is 0 Å². The lowest BCUT2D eigenvalue weighted by molar-refractivity contribution is 0.662. The highest BCUT2D eigenvalue weighted by molar-refractivity contribution is 5.45. The zero-order valence-corrected chi connectivity index (χ0v) is 9.62. The highest BCUT2D eigenvalue weighted by Crippen LogP contribution is 2.19. The van der Waals surface area contributed by atoms with Gasteiger partial charge in [-0.25, -0.2) is 0 Å². The number of likely N-dealkylation sites (N-methyl/N-ethyl adjacent to an activating group) is 1. The van der Waals surface area contributed by atoms with Crippen molar-refractivity contribution in [3.63, 3.8) is 0 Å². The van der Waals surface area contributed by atoms with E-state index >= 15 is 0 Å². The molecule has 0 aliphatic rings. The van der Waals surface area contributed by atoms with Gasteiger partial charge in [0, 0.05) is 24.6 Å². The minimum Gasteiger partial charge on any atom is -0.399 e. The van der Waals surface area contributed by atoms with Gasteiger partial charge in [0.2, 0.25) is 0 Å². The van der Waals surface area contributed by atoms with Gasteiger partial charge in [-0.15, -0.1) is 0 Å². The molecule has 7 N–H and O–H groups in total. The van der Waals surface area contributed by atoms with Crippen LogP contribution in [0.4, 0.5) is 5.69 Å². The van der Waals surface area contributed by atoms with Gasteiger partial charge in [0.05, 0.1) is 6.04 Å². The number of anilines is 1. The SMILES string of the molecule is CNc1ccc(C(NC)/C(N)=C/NN)cc1. The summed E-state index contributed by atoms with van der Waals surface area (Å²) in [4.78, 5) is 0. The summed E-state index contributed by atoms with van der Waals surface area (Å²) < 4.78 is 0. The van der Waals surface area contributed by atoms with Crippen LogP contribution in [-0.4, -0.2) is 14.1 Å². The lowest BCUT2D eigenvalue weighted by atomic mass is 10.0. The Balaban J connectivity index is 2.90. The smallest absolute Gasteiger partial charge is 0.0736 e. The van der Waals surface area contributed by atoms with Crippen molar-refractivity contribution in [1.82, 2.24) is 10.7 Å². The van der Waals surface area contributed by atoms with Gasteiger partial charge in [-0.05, 0) is 24.7 Å². The molecule has 1 aromatic carbocycles. The minimum atomic E-state index is -0.0399. The largest absolute Gasteiger partial charge is 0.399 e. The molecule has 0 aliphatic heterocycles. The zero-order valence-electron chi connectivity index (χ0n) is 9.62. The fourth-order valence-corrected chi connectivity index (χ4v) is 1.55. The highest BCUT2D eigenvalue weighted by Gasteiger charge is 2.11. The summed E-state index contributed by atoms with van der Waals surface area (Å²) in [5.41, 5.74) is 11.1. The van der Waals surface area contributed by atoms with Gasteiger partial charge in [0.15, 0.2) is 0 Å². The van der Waals surface area contributed by atoms with Crippen LogP contribution in [0, 0.1) is 0 Å². The van der Waals surface area contributed by atoms with Gasteiger partial charge < -0.3 is 21.8 Å². The summed E-state index contributed by atoms with van der Waals surface area (Å²) in [7, 11) is 3.74. The van der Waals surface area contributed by atoms with Crippen LogP contribution in [0.1, 0.15) is 11.6 Å². The molecular weight excluding hydrogens is 202 g/mol. The van der Waals surface area contributed by atoms with Crippen molar-refractivity contribution in [3.8, 4) is 0 Å². The van der Waals surface area contributed by atoms with Crippen molar-refractivity contribution in [3.05, 3.63) is 41.7 Å². The molecule has 0 aromatic heterocycles. The van der Waals surface area contributed by atoms with E-state index < -0.39 is 0 Å².